The number of hydrogen-bond donors (Lipinski definition) is 1. The second-order valence-electron chi connectivity index (χ2n) is 4.16. The van der Waals surface area contributed by atoms with Gasteiger partial charge in [0, 0.05) is 19.2 Å². The Balaban J connectivity index is 2.61. The van der Waals surface area contributed by atoms with Gasteiger partial charge in [0.1, 0.15) is 5.69 Å². The Morgan fingerprint density at radius 1 is 1.50 bits per heavy atom. The van der Waals surface area contributed by atoms with Crippen LogP contribution in [-0.4, -0.2) is 24.5 Å². The molecule has 0 amide bonds. The first kappa shape index (κ1) is 12.7. The van der Waals surface area contributed by atoms with Gasteiger partial charge in [0.15, 0.2) is 10.6 Å². The molecular weight excluding hydrogens is 250 g/mol. The molecule has 0 aromatic carbocycles. The highest BCUT2D eigenvalue weighted by molar-refractivity contribution is 7.71. The van der Waals surface area contributed by atoms with Gasteiger partial charge in [0.05, 0.1) is 0 Å². The van der Waals surface area contributed by atoms with Crippen LogP contribution in [0.2, 0.25) is 0 Å². The molecule has 0 aliphatic rings. The van der Waals surface area contributed by atoms with E-state index in [0.717, 1.165) is 6.42 Å². The van der Waals surface area contributed by atoms with Crippen molar-refractivity contribution in [2.75, 3.05) is 0 Å². The highest BCUT2D eigenvalue weighted by Crippen LogP contribution is 2.20. The monoisotopic (exact) mass is 265 g/mol. The average molecular weight is 265 g/mol. The maximum Gasteiger partial charge on any atom is 0.266 e. The summed E-state index contributed by atoms with van der Waals surface area (Å²) in [5.74, 6) is 0.657. The van der Waals surface area contributed by atoms with E-state index in [1.54, 1.807) is 13.1 Å². The summed E-state index contributed by atoms with van der Waals surface area (Å²) >= 11 is 5.22. The molecule has 7 heteroatoms. The van der Waals surface area contributed by atoms with Gasteiger partial charge in [0.2, 0.25) is 0 Å². The van der Waals surface area contributed by atoms with Gasteiger partial charge in [-0.05, 0) is 31.6 Å². The van der Waals surface area contributed by atoms with Gasteiger partial charge in [-0.15, -0.1) is 0 Å². The molecule has 0 aliphatic heterocycles. The largest absolute Gasteiger partial charge is 0.296 e. The highest BCUT2D eigenvalue weighted by Gasteiger charge is 2.14. The molecule has 0 saturated heterocycles. The van der Waals surface area contributed by atoms with Crippen molar-refractivity contribution in [3.63, 3.8) is 0 Å². The van der Waals surface area contributed by atoms with Crippen LogP contribution >= 0.6 is 12.2 Å². The summed E-state index contributed by atoms with van der Waals surface area (Å²) in [5, 5.41) is 11.2. The molecule has 2 heterocycles. The molecule has 2 aromatic heterocycles. The summed E-state index contributed by atoms with van der Waals surface area (Å²) in [6.45, 7) is 4.15. The molecule has 0 bridgehead atoms. The Kier molecular flexibility index (Phi) is 3.42. The van der Waals surface area contributed by atoms with Crippen molar-refractivity contribution in [1.82, 2.24) is 24.5 Å². The molecule has 6 nitrogen and oxygen atoms in total. The number of nitrogens with zero attached hydrogens (tertiary/aromatic N) is 4. The lowest BCUT2D eigenvalue weighted by Crippen LogP contribution is -2.19. The van der Waals surface area contributed by atoms with Crippen LogP contribution in [0.1, 0.15) is 26.3 Å². The van der Waals surface area contributed by atoms with Crippen molar-refractivity contribution in [1.29, 1.82) is 0 Å². The first-order chi connectivity index (χ1) is 8.54. The van der Waals surface area contributed by atoms with E-state index in [-0.39, 0.29) is 11.6 Å². The molecule has 1 N–H and O–H groups in total. The zero-order chi connectivity index (χ0) is 13.3. The van der Waals surface area contributed by atoms with Gasteiger partial charge >= 0.3 is 0 Å². The third kappa shape index (κ3) is 2.13. The van der Waals surface area contributed by atoms with E-state index in [1.165, 1.54) is 10.7 Å². The molecule has 0 aliphatic carbocycles. The molecule has 2 rings (SSSR count). The molecule has 1 unspecified atom stereocenters. The lowest BCUT2D eigenvalue weighted by molar-refractivity contribution is 0.526. The summed E-state index contributed by atoms with van der Waals surface area (Å²) in [4.78, 5) is 11.3. The van der Waals surface area contributed by atoms with Crippen molar-refractivity contribution in [3.8, 4) is 11.5 Å². The van der Waals surface area contributed by atoms with E-state index in [1.807, 2.05) is 4.57 Å². The van der Waals surface area contributed by atoms with E-state index < -0.39 is 0 Å². The minimum atomic E-state index is -0.150. The lowest BCUT2D eigenvalue weighted by Gasteiger charge is -2.12. The Morgan fingerprint density at radius 2 is 2.22 bits per heavy atom. The van der Waals surface area contributed by atoms with Crippen molar-refractivity contribution in [3.05, 3.63) is 27.3 Å². The predicted molar refractivity (Wildman–Crippen MR) is 70.9 cm³/mol. The Morgan fingerprint density at radius 3 is 2.83 bits per heavy atom. The number of aromatic amines is 1. The Bertz CT molecular complexity index is 669. The van der Waals surface area contributed by atoms with Gasteiger partial charge < -0.3 is 0 Å². The molecule has 0 spiro atoms. The summed E-state index contributed by atoms with van der Waals surface area (Å²) in [7, 11) is 1.61. The van der Waals surface area contributed by atoms with Crippen LogP contribution < -0.4 is 5.56 Å². The van der Waals surface area contributed by atoms with Crippen molar-refractivity contribution in [2.24, 2.45) is 7.05 Å². The molecule has 18 heavy (non-hydrogen) atoms. The summed E-state index contributed by atoms with van der Waals surface area (Å²) in [6, 6.07) is 3.36. The zero-order valence-corrected chi connectivity index (χ0v) is 11.4. The number of aryl methyl sites for hydroxylation is 1. The molecule has 2 aromatic rings. The minimum absolute atomic E-state index is 0.150. The van der Waals surface area contributed by atoms with Crippen LogP contribution in [0.15, 0.2) is 16.9 Å². The lowest BCUT2D eigenvalue weighted by atomic mass is 10.2. The van der Waals surface area contributed by atoms with Gasteiger partial charge in [-0.3, -0.25) is 14.5 Å². The molecule has 0 fully saturated rings. The first-order valence-electron chi connectivity index (χ1n) is 5.76. The van der Waals surface area contributed by atoms with Crippen LogP contribution in [0, 0.1) is 4.77 Å². The summed E-state index contributed by atoms with van der Waals surface area (Å²) in [5.41, 5.74) is 0.479. The molecule has 1 atom stereocenters. The predicted octanol–water partition coefficient (Wildman–Crippen LogP) is 1.67. The molecule has 0 radical (unpaired) electrons. The number of hydrogen-bond acceptors (Lipinski definition) is 4. The fourth-order valence-electron chi connectivity index (χ4n) is 1.70. The summed E-state index contributed by atoms with van der Waals surface area (Å²) in [6.07, 6.45) is 0.937. The molecular formula is C11H15N5OS. The number of aromatic nitrogens is 5. The van der Waals surface area contributed by atoms with E-state index in [9.17, 15) is 4.79 Å². The molecule has 96 valence electrons. The van der Waals surface area contributed by atoms with Gasteiger partial charge in [-0.2, -0.15) is 10.2 Å². The number of rotatable bonds is 3. The smallest absolute Gasteiger partial charge is 0.266 e. The van der Waals surface area contributed by atoms with E-state index >= 15 is 0 Å². The van der Waals surface area contributed by atoms with Crippen molar-refractivity contribution < 1.29 is 0 Å². The SMILES string of the molecule is CCC(C)n1c(-c2ccc(=O)n(C)n2)n[nH]c1=S. The fraction of sp³-hybridized carbons (Fsp3) is 0.455. The Labute approximate surface area is 109 Å². The maximum absolute atomic E-state index is 11.3. The standard InChI is InChI=1S/C11H15N5OS/c1-4-7(2)16-10(12-13-11(16)18)8-5-6-9(17)15(3)14-8/h5-7H,4H2,1-3H3,(H,13,18). The molecule has 0 saturated carbocycles. The fourth-order valence-corrected chi connectivity index (χ4v) is 2.01. The first-order valence-corrected chi connectivity index (χ1v) is 6.17. The van der Waals surface area contributed by atoms with Crippen LogP contribution in [0.4, 0.5) is 0 Å². The Hall–Kier alpha value is -1.76. The minimum Gasteiger partial charge on any atom is -0.296 e. The average Bonchev–Trinajstić information content (AvgIpc) is 2.74. The van der Waals surface area contributed by atoms with E-state index in [2.05, 4.69) is 29.1 Å². The zero-order valence-electron chi connectivity index (χ0n) is 10.5. The van der Waals surface area contributed by atoms with E-state index in [0.29, 0.717) is 16.3 Å². The van der Waals surface area contributed by atoms with Crippen LogP contribution in [0.25, 0.3) is 11.5 Å². The maximum atomic E-state index is 11.3. The van der Waals surface area contributed by atoms with Crippen LogP contribution in [-0.2, 0) is 7.05 Å². The number of H-pyrrole nitrogens is 1. The third-order valence-electron chi connectivity index (χ3n) is 2.93. The van der Waals surface area contributed by atoms with Crippen LogP contribution in [0.5, 0.6) is 0 Å². The van der Waals surface area contributed by atoms with Gasteiger partial charge in [0.25, 0.3) is 5.56 Å². The second-order valence-corrected chi connectivity index (χ2v) is 4.55. The third-order valence-corrected chi connectivity index (χ3v) is 3.21. The van der Waals surface area contributed by atoms with Crippen molar-refractivity contribution in [2.45, 2.75) is 26.3 Å². The normalized spacial score (nSPS) is 12.6. The quantitative estimate of drug-likeness (QED) is 0.857. The van der Waals surface area contributed by atoms with Crippen LogP contribution in [0.3, 0.4) is 0 Å². The number of nitrogens with one attached hydrogen (secondary N) is 1. The highest BCUT2D eigenvalue weighted by atomic mass is 32.1. The van der Waals surface area contributed by atoms with Crippen molar-refractivity contribution >= 4 is 12.2 Å². The van der Waals surface area contributed by atoms with Gasteiger partial charge in [-0.1, -0.05) is 6.92 Å². The summed E-state index contributed by atoms with van der Waals surface area (Å²) < 4.78 is 3.77. The van der Waals surface area contributed by atoms with Gasteiger partial charge in [-0.25, -0.2) is 4.68 Å². The van der Waals surface area contributed by atoms with E-state index in [4.69, 9.17) is 12.2 Å². The second kappa shape index (κ2) is 4.85. The topological polar surface area (TPSA) is 68.5 Å².